The van der Waals surface area contributed by atoms with E-state index in [4.69, 9.17) is 4.74 Å². The third-order valence-electron chi connectivity index (χ3n) is 3.62. The topological polar surface area (TPSA) is 32.7 Å². The van der Waals surface area contributed by atoms with Gasteiger partial charge >= 0.3 is 0 Å². The van der Waals surface area contributed by atoms with Crippen LogP contribution in [0.5, 0.6) is 0 Å². The van der Waals surface area contributed by atoms with Gasteiger partial charge in [0.25, 0.3) is 0 Å². The Morgan fingerprint density at radius 1 is 1.40 bits per heavy atom. The molecule has 5 heteroatoms. The van der Waals surface area contributed by atoms with Crippen LogP contribution >= 0.6 is 0 Å². The first kappa shape index (κ1) is 15.4. The van der Waals surface area contributed by atoms with Gasteiger partial charge in [-0.3, -0.25) is 4.90 Å². The number of aliphatic hydroxyl groups is 1. The molecule has 2 unspecified atom stereocenters. The number of aliphatic hydroxyl groups excluding tert-OH is 1. The van der Waals surface area contributed by atoms with Gasteiger partial charge in [-0.2, -0.15) is 0 Å². The number of hydrogen-bond donors (Lipinski definition) is 1. The zero-order valence-corrected chi connectivity index (χ0v) is 11.7. The highest BCUT2D eigenvalue weighted by Crippen LogP contribution is 2.18. The molecular weight excluding hydrogens is 264 g/mol. The summed E-state index contributed by atoms with van der Waals surface area (Å²) in [5, 5.41) is 10.2. The van der Waals surface area contributed by atoms with Crippen LogP contribution in [0, 0.1) is 11.6 Å². The van der Waals surface area contributed by atoms with Crippen LogP contribution in [0.25, 0.3) is 0 Å². The summed E-state index contributed by atoms with van der Waals surface area (Å²) in [6, 6.07) is 3.73. The number of benzene rings is 1. The molecule has 2 atom stereocenters. The molecule has 0 saturated carbocycles. The molecule has 1 heterocycles. The van der Waals surface area contributed by atoms with E-state index in [1.54, 1.807) is 0 Å². The van der Waals surface area contributed by atoms with E-state index in [-0.39, 0.29) is 12.0 Å². The molecule has 0 radical (unpaired) electrons. The Morgan fingerprint density at radius 3 is 2.75 bits per heavy atom. The maximum absolute atomic E-state index is 13.6. The Bertz CT molecular complexity index is 420. The molecule has 112 valence electrons. The van der Waals surface area contributed by atoms with Gasteiger partial charge in [-0.1, -0.05) is 13.0 Å². The minimum Gasteiger partial charge on any atom is -0.390 e. The molecule has 1 N–H and O–H groups in total. The highest BCUT2D eigenvalue weighted by molar-refractivity contribution is 5.20. The lowest BCUT2D eigenvalue weighted by Gasteiger charge is -2.35. The minimum absolute atomic E-state index is 0.0663. The molecule has 2 rings (SSSR count). The summed E-state index contributed by atoms with van der Waals surface area (Å²) < 4.78 is 32.7. The minimum atomic E-state index is -0.902. The van der Waals surface area contributed by atoms with Gasteiger partial charge in [-0.05, 0) is 25.1 Å². The number of rotatable bonds is 5. The quantitative estimate of drug-likeness (QED) is 0.898. The van der Waals surface area contributed by atoms with Crippen LogP contribution in [0.4, 0.5) is 8.78 Å². The van der Waals surface area contributed by atoms with Gasteiger partial charge in [0.15, 0.2) is 0 Å². The Labute approximate surface area is 118 Å². The van der Waals surface area contributed by atoms with E-state index in [0.717, 1.165) is 19.5 Å². The van der Waals surface area contributed by atoms with Crippen LogP contribution in [-0.2, 0) is 11.2 Å². The Hall–Kier alpha value is -1.04. The van der Waals surface area contributed by atoms with Crippen LogP contribution in [0.15, 0.2) is 18.2 Å². The first-order valence-corrected chi connectivity index (χ1v) is 7.06. The SMILES string of the molecule is CCCN1CCOC(C(O)Cc2c(F)cccc2F)C1. The van der Waals surface area contributed by atoms with Crippen molar-refractivity contribution in [3.63, 3.8) is 0 Å². The smallest absolute Gasteiger partial charge is 0.129 e. The average Bonchev–Trinajstić information content (AvgIpc) is 2.43. The predicted molar refractivity (Wildman–Crippen MR) is 72.5 cm³/mol. The van der Waals surface area contributed by atoms with Crippen molar-refractivity contribution >= 4 is 0 Å². The summed E-state index contributed by atoms with van der Waals surface area (Å²) in [6.07, 6.45) is -0.330. The van der Waals surface area contributed by atoms with Gasteiger partial charge in [-0.15, -0.1) is 0 Å². The molecule has 0 aromatic heterocycles. The fourth-order valence-corrected chi connectivity index (χ4v) is 2.55. The lowest BCUT2D eigenvalue weighted by atomic mass is 10.0. The monoisotopic (exact) mass is 285 g/mol. The van der Waals surface area contributed by atoms with Gasteiger partial charge in [0, 0.05) is 25.1 Å². The molecule has 1 aromatic rings. The van der Waals surface area contributed by atoms with Crippen LogP contribution in [0.1, 0.15) is 18.9 Å². The highest BCUT2D eigenvalue weighted by Gasteiger charge is 2.28. The number of hydrogen-bond acceptors (Lipinski definition) is 3. The van der Waals surface area contributed by atoms with E-state index in [2.05, 4.69) is 11.8 Å². The van der Waals surface area contributed by atoms with Crippen LogP contribution in [0.2, 0.25) is 0 Å². The zero-order chi connectivity index (χ0) is 14.5. The van der Waals surface area contributed by atoms with Crippen molar-refractivity contribution in [3.8, 4) is 0 Å². The van der Waals surface area contributed by atoms with Crippen molar-refractivity contribution in [2.45, 2.75) is 32.0 Å². The van der Waals surface area contributed by atoms with Crippen LogP contribution in [-0.4, -0.2) is 48.5 Å². The highest BCUT2D eigenvalue weighted by atomic mass is 19.1. The fraction of sp³-hybridized carbons (Fsp3) is 0.600. The van der Waals surface area contributed by atoms with Crippen molar-refractivity contribution in [1.29, 1.82) is 0 Å². The van der Waals surface area contributed by atoms with Gasteiger partial charge in [0.1, 0.15) is 11.6 Å². The molecule has 1 saturated heterocycles. The third-order valence-corrected chi connectivity index (χ3v) is 3.62. The Kier molecular flexibility index (Phi) is 5.46. The van der Waals surface area contributed by atoms with Crippen molar-refractivity contribution in [3.05, 3.63) is 35.4 Å². The fourth-order valence-electron chi connectivity index (χ4n) is 2.55. The summed E-state index contributed by atoms with van der Waals surface area (Å²) in [5.41, 5.74) is -0.0729. The molecule has 3 nitrogen and oxygen atoms in total. The van der Waals surface area contributed by atoms with Crippen LogP contribution in [0.3, 0.4) is 0 Å². The summed E-state index contributed by atoms with van der Waals surface area (Å²) in [5.74, 6) is -1.24. The van der Waals surface area contributed by atoms with E-state index in [0.29, 0.717) is 13.2 Å². The van der Waals surface area contributed by atoms with Gasteiger partial charge < -0.3 is 9.84 Å². The van der Waals surface area contributed by atoms with Crippen molar-refractivity contribution in [2.75, 3.05) is 26.2 Å². The van der Waals surface area contributed by atoms with Crippen molar-refractivity contribution in [2.24, 2.45) is 0 Å². The zero-order valence-electron chi connectivity index (χ0n) is 11.7. The summed E-state index contributed by atoms with van der Waals surface area (Å²) in [4.78, 5) is 2.20. The largest absolute Gasteiger partial charge is 0.390 e. The second-order valence-corrected chi connectivity index (χ2v) is 5.18. The normalized spacial score (nSPS) is 21.9. The number of halogens is 2. The maximum atomic E-state index is 13.6. The first-order chi connectivity index (χ1) is 9.61. The lowest BCUT2D eigenvalue weighted by molar-refractivity contribution is -0.0880. The molecule has 0 spiro atoms. The van der Waals surface area contributed by atoms with Crippen molar-refractivity contribution in [1.82, 2.24) is 4.90 Å². The van der Waals surface area contributed by atoms with Gasteiger partial charge in [0.2, 0.25) is 0 Å². The summed E-state index contributed by atoms with van der Waals surface area (Å²) in [6.45, 7) is 5.02. The molecule has 1 fully saturated rings. The third kappa shape index (κ3) is 3.75. The van der Waals surface area contributed by atoms with Crippen molar-refractivity contribution < 1.29 is 18.6 Å². The summed E-state index contributed by atoms with van der Waals surface area (Å²) in [7, 11) is 0. The number of morpholine rings is 1. The second kappa shape index (κ2) is 7.11. The first-order valence-electron chi connectivity index (χ1n) is 7.06. The molecule has 0 bridgehead atoms. The molecule has 1 aliphatic rings. The van der Waals surface area contributed by atoms with Crippen LogP contribution < -0.4 is 0 Å². The number of ether oxygens (including phenoxy) is 1. The second-order valence-electron chi connectivity index (χ2n) is 5.18. The number of nitrogens with zero attached hydrogens (tertiary/aromatic N) is 1. The van der Waals surface area contributed by atoms with E-state index >= 15 is 0 Å². The average molecular weight is 285 g/mol. The standard InChI is InChI=1S/C15H21F2NO2/c1-2-6-18-7-8-20-15(10-18)14(19)9-11-12(16)4-3-5-13(11)17/h3-5,14-15,19H,2,6-10H2,1H3. The summed E-state index contributed by atoms with van der Waals surface area (Å²) >= 11 is 0. The molecule has 0 aliphatic carbocycles. The van der Waals surface area contributed by atoms with Gasteiger partial charge in [-0.25, -0.2) is 8.78 Å². The van der Waals surface area contributed by atoms with Gasteiger partial charge in [0.05, 0.1) is 18.8 Å². The Morgan fingerprint density at radius 2 is 2.10 bits per heavy atom. The van der Waals surface area contributed by atoms with E-state index < -0.39 is 23.8 Å². The maximum Gasteiger partial charge on any atom is 0.129 e. The van der Waals surface area contributed by atoms with E-state index in [1.165, 1.54) is 18.2 Å². The lowest BCUT2D eigenvalue weighted by Crippen LogP contribution is -2.48. The molecule has 0 amide bonds. The van der Waals surface area contributed by atoms with E-state index in [9.17, 15) is 13.9 Å². The predicted octanol–water partition coefficient (Wildman–Crippen LogP) is 1.98. The molecule has 1 aromatic carbocycles. The molecular formula is C15H21F2NO2. The molecule has 20 heavy (non-hydrogen) atoms. The molecule has 1 aliphatic heterocycles. The Balaban J connectivity index is 1.99. The van der Waals surface area contributed by atoms with E-state index in [1.807, 2.05) is 0 Å².